The number of carbonyl (C=O) groups is 2. The number of hydrogen-bond donors (Lipinski definition) is 0. The van der Waals surface area contributed by atoms with E-state index in [1.54, 1.807) is 11.2 Å². The maximum Gasteiger partial charge on any atom is 0.227 e. The Morgan fingerprint density at radius 3 is 2.40 bits per heavy atom. The van der Waals surface area contributed by atoms with Crippen molar-refractivity contribution in [3.05, 3.63) is 24.2 Å². The SMILES string of the molecule is CC(C)CCN(CCC(C)C)C(=O)C1CC(=O)N(Cc2ccco2)C1. The molecule has 2 rings (SSSR count). The normalized spacial score (nSPS) is 17.8. The third-order valence-electron chi connectivity index (χ3n) is 4.75. The molecule has 0 radical (unpaired) electrons. The van der Waals surface area contributed by atoms with Crippen molar-refractivity contribution >= 4 is 11.8 Å². The minimum Gasteiger partial charge on any atom is -0.467 e. The number of likely N-dealkylation sites (tertiary alicyclic amines) is 1. The van der Waals surface area contributed by atoms with Crippen molar-refractivity contribution in [3.8, 4) is 0 Å². The Balaban J connectivity index is 1.96. The summed E-state index contributed by atoms with van der Waals surface area (Å²) in [7, 11) is 0. The molecular weight excluding hydrogens is 316 g/mol. The highest BCUT2D eigenvalue weighted by atomic mass is 16.3. The maximum absolute atomic E-state index is 13.0. The van der Waals surface area contributed by atoms with Gasteiger partial charge in [-0.1, -0.05) is 27.7 Å². The Kier molecular flexibility index (Phi) is 7.09. The van der Waals surface area contributed by atoms with Crippen molar-refractivity contribution in [2.24, 2.45) is 17.8 Å². The van der Waals surface area contributed by atoms with E-state index >= 15 is 0 Å². The number of nitrogens with zero attached hydrogens (tertiary/aromatic N) is 2. The van der Waals surface area contributed by atoms with Crippen LogP contribution in [0.1, 0.15) is 52.7 Å². The lowest BCUT2D eigenvalue weighted by Crippen LogP contribution is -2.39. The summed E-state index contributed by atoms with van der Waals surface area (Å²) in [6.45, 7) is 11.2. The van der Waals surface area contributed by atoms with Crippen LogP contribution in [0.2, 0.25) is 0 Å². The van der Waals surface area contributed by atoms with E-state index in [9.17, 15) is 9.59 Å². The maximum atomic E-state index is 13.0. The molecular formula is C20H32N2O3. The van der Waals surface area contributed by atoms with Crippen LogP contribution in [0.4, 0.5) is 0 Å². The third kappa shape index (κ3) is 5.91. The summed E-state index contributed by atoms with van der Waals surface area (Å²) in [5.74, 6) is 1.85. The number of furan rings is 1. The van der Waals surface area contributed by atoms with E-state index in [1.165, 1.54) is 0 Å². The minimum atomic E-state index is -0.221. The zero-order valence-corrected chi connectivity index (χ0v) is 16.0. The van der Waals surface area contributed by atoms with Crippen molar-refractivity contribution < 1.29 is 14.0 Å². The second-order valence-electron chi connectivity index (χ2n) is 7.95. The van der Waals surface area contributed by atoms with Crippen molar-refractivity contribution in [2.45, 2.75) is 53.5 Å². The number of amides is 2. The van der Waals surface area contributed by atoms with Gasteiger partial charge in [-0.15, -0.1) is 0 Å². The van der Waals surface area contributed by atoms with E-state index in [-0.39, 0.29) is 17.7 Å². The van der Waals surface area contributed by atoms with Crippen molar-refractivity contribution in [2.75, 3.05) is 19.6 Å². The molecule has 2 heterocycles. The summed E-state index contributed by atoms with van der Waals surface area (Å²) in [6, 6.07) is 3.68. The molecule has 0 saturated carbocycles. The lowest BCUT2D eigenvalue weighted by atomic mass is 10.0. The smallest absolute Gasteiger partial charge is 0.227 e. The first kappa shape index (κ1) is 19.5. The van der Waals surface area contributed by atoms with Crippen LogP contribution in [0.5, 0.6) is 0 Å². The fourth-order valence-electron chi connectivity index (χ4n) is 3.10. The fraction of sp³-hybridized carbons (Fsp3) is 0.700. The first-order valence-corrected chi connectivity index (χ1v) is 9.45. The molecule has 1 unspecified atom stereocenters. The summed E-state index contributed by atoms with van der Waals surface area (Å²) >= 11 is 0. The van der Waals surface area contributed by atoms with Crippen LogP contribution in [-0.4, -0.2) is 41.2 Å². The highest BCUT2D eigenvalue weighted by Crippen LogP contribution is 2.23. The van der Waals surface area contributed by atoms with Crippen molar-refractivity contribution in [1.82, 2.24) is 9.80 Å². The van der Waals surface area contributed by atoms with Gasteiger partial charge in [-0.2, -0.15) is 0 Å². The molecule has 1 aromatic rings. The van der Waals surface area contributed by atoms with Gasteiger partial charge in [-0.25, -0.2) is 0 Å². The highest BCUT2D eigenvalue weighted by molar-refractivity contribution is 5.89. The second-order valence-corrected chi connectivity index (χ2v) is 7.95. The molecule has 5 nitrogen and oxygen atoms in total. The van der Waals surface area contributed by atoms with Gasteiger partial charge in [-0.05, 0) is 36.8 Å². The molecule has 1 fully saturated rings. The predicted octanol–water partition coefficient (Wildman–Crippen LogP) is 3.55. The van der Waals surface area contributed by atoms with Crippen molar-refractivity contribution in [1.29, 1.82) is 0 Å². The largest absolute Gasteiger partial charge is 0.467 e. The van der Waals surface area contributed by atoms with Gasteiger partial charge >= 0.3 is 0 Å². The van der Waals surface area contributed by atoms with Crippen LogP contribution in [0.15, 0.2) is 22.8 Å². The van der Waals surface area contributed by atoms with Crippen LogP contribution in [0.3, 0.4) is 0 Å². The summed E-state index contributed by atoms with van der Waals surface area (Å²) in [5.41, 5.74) is 0. The summed E-state index contributed by atoms with van der Waals surface area (Å²) in [4.78, 5) is 29.0. The minimum absolute atomic E-state index is 0.0439. The predicted molar refractivity (Wildman–Crippen MR) is 97.7 cm³/mol. The molecule has 5 heteroatoms. The molecule has 1 aliphatic heterocycles. The van der Waals surface area contributed by atoms with Crippen LogP contribution in [0, 0.1) is 17.8 Å². The first-order valence-electron chi connectivity index (χ1n) is 9.45. The zero-order chi connectivity index (χ0) is 18.4. The van der Waals surface area contributed by atoms with Gasteiger partial charge in [0, 0.05) is 26.1 Å². The Morgan fingerprint density at radius 2 is 1.88 bits per heavy atom. The molecule has 1 saturated heterocycles. The number of hydrogen-bond acceptors (Lipinski definition) is 3. The summed E-state index contributed by atoms with van der Waals surface area (Å²) in [6.07, 6.45) is 3.93. The number of rotatable bonds is 9. The van der Waals surface area contributed by atoms with E-state index in [0.29, 0.717) is 31.3 Å². The molecule has 0 aromatic carbocycles. The molecule has 1 aliphatic rings. The van der Waals surface area contributed by atoms with Crippen LogP contribution in [0.25, 0.3) is 0 Å². The molecule has 0 spiro atoms. The highest BCUT2D eigenvalue weighted by Gasteiger charge is 2.36. The lowest BCUT2D eigenvalue weighted by Gasteiger charge is -2.27. The summed E-state index contributed by atoms with van der Waals surface area (Å²) < 4.78 is 5.33. The summed E-state index contributed by atoms with van der Waals surface area (Å²) in [5, 5.41) is 0. The quantitative estimate of drug-likeness (QED) is 0.686. The zero-order valence-electron chi connectivity index (χ0n) is 16.0. The van der Waals surface area contributed by atoms with Gasteiger partial charge in [0.15, 0.2) is 0 Å². The molecule has 1 aromatic heterocycles. The van der Waals surface area contributed by atoms with Crippen molar-refractivity contribution in [3.63, 3.8) is 0 Å². The fourth-order valence-corrected chi connectivity index (χ4v) is 3.10. The Bertz CT molecular complexity index is 539. The van der Waals surface area contributed by atoms with Gasteiger partial charge in [0.1, 0.15) is 5.76 Å². The molecule has 140 valence electrons. The standard InChI is InChI=1S/C20H32N2O3/c1-15(2)7-9-21(10-8-16(3)4)20(24)17-12-19(23)22(13-17)14-18-6-5-11-25-18/h5-6,11,15-17H,7-10,12-14H2,1-4H3. The monoisotopic (exact) mass is 348 g/mol. The Hall–Kier alpha value is -1.78. The van der Waals surface area contributed by atoms with E-state index in [1.807, 2.05) is 17.0 Å². The average Bonchev–Trinajstić information content (AvgIpc) is 3.17. The average molecular weight is 348 g/mol. The molecule has 2 amide bonds. The van der Waals surface area contributed by atoms with Gasteiger partial charge in [-0.3, -0.25) is 9.59 Å². The Labute approximate surface area is 151 Å². The van der Waals surface area contributed by atoms with E-state index < -0.39 is 0 Å². The third-order valence-corrected chi connectivity index (χ3v) is 4.75. The molecule has 25 heavy (non-hydrogen) atoms. The van der Waals surface area contributed by atoms with E-state index in [4.69, 9.17) is 4.42 Å². The molecule has 1 atom stereocenters. The van der Waals surface area contributed by atoms with Crippen LogP contribution in [-0.2, 0) is 16.1 Å². The van der Waals surface area contributed by atoms with Gasteiger partial charge < -0.3 is 14.2 Å². The molecule has 0 N–H and O–H groups in total. The second kappa shape index (κ2) is 9.07. The lowest BCUT2D eigenvalue weighted by molar-refractivity contribution is -0.136. The van der Waals surface area contributed by atoms with Gasteiger partial charge in [0.05, 0.1) is 18.7 Å². The van der Waals surface area contributed by atoms with Gasteiger partial charge in [0.2, 0.25) is 11.8 Å². The Morgan fingerprint density at radius 1 is 1.24 bits per heavy atom. The van der Waals surface area contributed by atoms with Crippen LogP contribution < -0.4 is 0 Å². The van der Waals surface area contributed by atoms with E-state index in [0.717, 1.165) is 31.7 Å². The molecule has 0 aliphatic carbocycles. The topological polar surface area (TPSA) is 53.8 Å². The van der Waals surface area contributed by atoms with E-state index in [2.05, 4.69) is 27.7 Å². The van der Waals surface area contributed by atoms with Crippen LogP contribution >= 0.6 is 0 Å². The first-order chi connectivity index (χ1) is 11.9. The number of carbonyl (C=O) groups excluding carboxylic acids is 2. The van der Waals surface area contributed by atoms with Gasteiger partial charge in [0.25, 0.3) is 0 Å². The molecule has 0 bridgehead atoms.